The molecule has 3 amide bonds. The highest BCUT2D eigenvalue weighted by Crippen LogP contribution is 2.22. The summed E-state index contributed by atoms with van der Waals surface area (Å²) in [5.74, 6) is 0.267. The Hall–Kier alpha value is -2.38. The normalized spacial score (nSPS) is 14.0. The first kappa shape index (κ1) is 23.3. The Bertz CT molecular complexity index is 886. The Morgan fingerprint density at radius 1 is 1.10 bits per heavy atom. The number of benzene rings is 2. The standard InChI is InChI=1S/C23H28ClN3O3S/c1-30-21-12-9-17(24)15-20(21)22(28)25-14-13-16-7-10-19(11-8-16)31-27-23(29)26-18-5-3-2-4-6-18/h7-12,15,18H,2-6,13-14H2,1H3,(H,25,28)(H2,26,27,29). The summed E-state index contributed by atoms with van der Waals surface area (Å²) in [6.07, 6.45) is 6.45. The zero-order valence-corrected chi connectivity index (χ0v) is 19.2. The molecule has 0 atom stereocenters. The lowest BCUT2D eigenvalue weighted by Crippen LogP contribution is -2.40. The molecular formula is C23H28ClN3O3S. The number of rotatable bonds is 8. The van der Waals surface area contributed by atoms with Crippen LogP contribution in [0.25, 0.3) is 0 Å². The maximum Gasteiger partial charge on any atom is 0.325 e. The van der Waals surface area contributed by atoms with Gasteiger partial charge in [0.25, 0.3) is 5.91 Å². The molecule has 6 nitrogen and oxygen atoms in total. The van der Waals surface area contributed by atoms with Gasteiger partial charge in [-0.2, -0.15) is 0 Å². The molecule has 1 aliphatic rings. The molecule has 8 heteroatoms. The molecule has 0 unspecified atom stereocenters. The number of nitrogens with one attached hydrogen (secondary N) is 3. The molecule has 166 valence electrons. The van der Waals surface area contributed by atoms with Crippen molar-refractivity contribution >= 4 is 35.5 Å². The van der Waals surface area contributed by atoms with E-state index in [-0.39, 0.29) is 11.9 Å². The second-order valence-electron chi connectivity index (χ2n) is 7.51. The molecule has 0 aliphatic heterocycles. The van der Waals surface area contributed by atoms with Crippen molar-refractivity contribution in [1.82, 2.24) is 15.4 Å². The Balaban J connectivity index is 1.40. The van der Waals surface area contributed by atoms with E-state index < -0.39 is 0 Å². The fraction of sp³-hybridized carbons (Fsp3) is 0.391. The second-order valence-corrected chi connectivity index (χ2v) is 8.82. The summed E-state index contributed by atoms with van der Waals surface area (Å²) in [5.41, 5.74) is 1.51. The van der Waals surface area contributed by atoms with Crippen LogP contribution in [0.2, 0.25) is 5.02 Å². The minimum Gasteiger partial charge on any atom is -0.496 e. The molecule has 1 aliphatic carbocycles. The summed E-state index contributed by atoms with van der Waals surface area (Å²) in [7, 11) is 1.52. The van der Waals surface area contributed by atoms with Crippen LogP contribution in [-0.2, 0) is 6.42 Å². The van der Waals surface area contributed by atoms with E-state index in [0.29, 0.717) is 35.3 Å². The fourth-order valence-electron chi connectivity index (χ4n) is 3.56. The number of halogens is 1. The van der Waals surface area contributed by atoms with Crippen molar-refractivity contribution in [3.8, 4) is 5.75 Å². The van der Waals surface area contributed by atoms with E-state index in [4.69, 9.17) is 16.3 Å². The van der Waals surface area contributed by atoms with Gasteiger partial charge < -0.3 is 15.4 Å². The van der Waals surface area contributed by atoms with Crippen LogP contribution in [0, 0.1) is 0 Å². The summed E-state index contributed by atoms with van der Waals surface area (Å²) in [4.78, 5) is 25.4. The van der Waals surface area contributed by atoms with Crippen LogP contribution in [-0.4, -0.2) is 31.6 Å². The summed E-state index contributed by atoms with van der Waals surface area (Å²) >= 11 is 7.29. The first-order chi connectivity index (χ1) is 15.0. The molecule has 1 fully saturated rings. The number of carbonyl (C=O) groups is 2. The van der Waals surface area contributed by atoms with E-state index in [0.717, 1.165) is 23.3 Å². The minimum atomic E-state index is -0.222. The molecule has 3 rings (SSSR count). The molecule has 0 spiro atoms. The maximum absolute atomic E-state index is 12.4. The summed E-state index contributed by atoms with van der Waals surface area (Å²) in [5, 5.41) is 6.42. The number of amides is 3. The lowest BCUT2D eigenvalue weighted by Gasteiger charge is -2.22. The van der Waals surface area contributed by atoms with Crippen LogP contribution in [0.1, 0.15) is 48.0 Å². The van der Waals surface area contributed by atoms with Gasteiger partial charge in [-0.25, -0.2) is 4.79 Å². The topological polar surface area (TPSA) is 79.5 Å². The predicted octanol–water partition coefficient (Wildman–Crippen LogP) is 4.96. The Morgan fingerprint density at radius 3 is 2.55 bits per heavy atom. The largest absolute Gasteiger partial charge is 0.496 e. The molecule has 2 aromatic rings. The van der Waals surface area contributed by atoms with Gasteiger partial charge in [0.2, 0.25) is 0 Å². The number of carbonyl (C=O) groups excluding carboxylic acids is 2. The van der Waals surface area contributed by atoms with Gasteiger partial charge in [0.15, 0.2) is 0 Å². The molecule has 2 aromatic carbocycles. The van der Waals surface area contributed by atoms with Crippen molar-refractivity contribution in [3.63, 3.8) is 0 Å². The Kier molecular flexibility index (Phi) is 8.91. The fourth-order valence-corrected chi connectivity index (χ4v) is 4.28. The lowest BCUT2D eigenvalue weighted by atomic mass is 9.96. The highest BCUT2D eigenvalue weighted by atomic mass is 35.5. The number of hydrogen-bond acceptors (Lipinski definition) is 4. The zero-order valence-electron chi connectivity index (χ0n) is 17.6. The van der Waals surface area contributed by atoms with Crippen molar-refractivity contribution in [2.75, 3.05) is 13.7 Å². The third-order valence-corrected chi connectivity index (χ3v) is 6.26. The molecule has 0 bridgehead atoms. The van der Waals surface area contributed by atoms with Crippen molar-refractivity contribution in [2.24, 2.45) is 0 Å². The average molecular weight is 462 g/mol. The number of hydrogen-bond donors (Lipinski definition) is 3. The van der Waals surface area contributed by atoms with E-state index in [9.17, 15) is 9.59 Å². The van der Waals surface area contributed by atoms with Gasteiger partial charge in [-0.15, -0.1) is 0 Å². The van der Waals surface area contributed by atoms with Gasteiger partial charge >= 0.3 is 6.03 Å². The molecule has 3 N–H and O–H groups in total. The van der Waals surface area contributed by atoms with Crippen LogP contribution in [0.5, 0.6) is 5.75 Å². The van der Waals surface area contributed by atoms with E-state index in [1.807, 2.05) is 24.3 Å². The van der Waals surface area contributed by atoms with Gasteiger partial charge in [0, 0.05) is 22.5 Å². The highest BCUT2D eigenvalue weighted by molar-refractivity contribution is 7.98. The minimum absolute atomic E-state index is 0.139. The quantitative estimate of drug-likeness (QED) is 0.485. The van der Waals surface area contributed by atoms with Crippen LogP contribution in [0.3, 0.4) is 0 Å². The van der Waals surface area contributed by atoms with E-state index in [1.54, 1.807) is 18.2 Å². The monoisotopic (exact) mass is 461 g/mol. The van der Waals surface area contributed by atoms with Gasteiger partial charge in [-0.3, -0.25) is 9.52 Å². The van der Waals surface area contributed by atoms with E-state index in [2.05, 4.69) is 15.4 Å². The molecule has 0 aromatic heterocycles. The predicted molar refractivity (Wildman–Crippen MR) is 125 cm³/mol. The SMILES string of the molecule is COc1ccc(Cl)cc1C(=O)NCCc1ccc(SNC(=O)NC2CCCCC2)cc1. The highest BCUT2D eigenvalue weighted by Gasteiger charge is 2.15. The summed E-state index contributed by atoms with van der Waals surface area (Å²) < 4.78 is 8.07. The zero-order chi connectivity index (χ0) is 22.1. The van der Waals surface area contributed by atoms with E-state index >= 15 is 0 Å². The Labute approximate surface area is 192 Å². The molecule has 0 heterocycles. The molecular weight excluding hydrogens is 434 g/mol. The molecule has 0 saturated heterocycles. The van der Waals surface area contributed by atoms with Gasteiger partial charge in [0.1, 0.15) is 5.75 Å². The van der Waals surface area contributed by atoms with Gasteiger partial charge in [-0.1, -0.05) is 43.0 Å². The molecule has 0 radical (unpaired) electrons. The van der Waals surface area contributed by atoms with Crippen molar-refractivity contribution < 1.29 is 14.3 Å². The van der Waals surface area contributed by atoms with Crippen LogP contribution < -0.4 is 20.1 Å². The van der Waals surface area contributed by atoms with Crippen LogP contribution in [0.15, 0.2) is 47.4 Å². The first-order valence-corrected chi connectivity index (χ1v) is 11.7. The molecule has 31 heavy (non-hydrogen) atoms. The van der Waals surface area contributed by atoms with Gasteiger partial charge in [0.05, 0.1) is 12.7 Å². The number of ether oxygens (including phenoxy) is 1. The third kappa shape index (κ3) is 7.36. The molecule has 1 saturated carbocycles. The lowest BCUT2D eigenvalue weighted by molar-refractivity contribution is 0.0951. The summed E-state index contributed by atoms with van der Waals surface area (Å²) in [6, 6.07) is 13.0. The smallest absolute Gasteiger partial charge is 0.325 e. The van der Waals surface area contributed by atoms with Crippen molar-refractivity contribution in [1.29, 1.82) is 0 Å². The number of methoxy groups -OCH3 is 1. The first-order valence-electron chi connectivity index (χ1n) is 10.5. The third-order valence-electron chi connectivity index (χ3n) is 5.23. The van der Waals surface area contributed by atoms with Crippen LogP contribution in [0.4, 0.5) is 4.79 Å². The number of urea groups is 1. The maximum atomic E-state index is 12.4. The van der Waals surface area contributed by atoms with Crippen LogP contribution >= 0.6 is 23.5 Å². The van der Waals surface area contributed by atoms with E-state index in [1.165, 1.54) is 38.3 Å². The second kappa shape index (κ2) is 11.9. The van der Waals surface area contributed by atoms with Crippen molar-refractivity contribution in [2.45, 2.75) is 49.5 Å². The Morgan fingerprint density at radius 2 is 1.84 bits per heavy atom. The average Bonchev–Trinajstić information content (AvgIpc) is 2.79. The summed E-state index contributed by atoms with van der Waals surface area (Å²) in [6.45, 7) is 0.489. The van der Waals surface area contributed by atoms with Crippen molar-refractivity contribution in [3.05, 3.63) is 58.6 Å². The van der Waals surface area contributed by atoms with Gasteiger partial charge in [-0.05, 0) is 67.1 Å².